The Balaban J connectivity index is 2.22. The molecule has 2 aromatic rings. The number of aryl methyl sites for hydroxylation is 1. The zero-order chi connectivity index (χ0) is 15.2. The molecule has 4 nitrogen and oxygen atoms in total. The first kappa shape index (κ1) is 14.7. The molecule has 0 spiro atoms. The summed E-state index contributed by atoms with van der Waals surface area (Å²) in [5, 5.41) is 8.88. The minimum absolute atomic E-state index is 0.383. The summed E-state index contributed by atoms with van der Waals surface area (Å²) in [6.45, 7) is 2.34. The van der Waals surface area contributed by atoms with Crippen LogP contribution in [0.3, 0.4) is 0 Å². The van der Waals surface area contributed by atoms with Crippen LogP contribution in [0.4, 0.5) is 0 Å². The Bertz CT molecular complexity index is 652. The summed E-state index contributed by atoms with van der Waals surface area (Å²) in [6, 6.07) is 13.1. The van der Waals surface area contributed by atoms with E-state index in [4.69, 9.17) is 19.5 Å². The number of methoxy groups -OCH3 is 2. The van der Waals surface area contributed by atoms with Gasteiger partial charge in [-0.3, -0.25) is 0 Å². The fourth-order valence-corrected chi connectivity index (χ4v) is 2.04. The monoisotopic (exact) mass is 283 g/mol. The summed E-state index contributed by atoms with van der Waals surface area (Å²) in [7, 11) is 3.18. The number of ether oxygens (including phenoxy) is 3. The zero-order valence-corrected chi connectivity index (χ0v) is 12.3. The predicted octanol–water partition coefficient (Wildman–Crippen LogP) is 3.46. The number of hydrogen-bond donors (Lipinski definition) is 0. The van der Waals surface area contributed by atoms with Crippen molar-refractivity contribution in [3.63, 3.8) is 0 Å². The molecule has 4 heteroatoms. The van der Waals surface area contributed by atoms with Crippen LogP contribution in [0.5, 0.6) is 17.2 Å². The van der Waals surface area contributed by atoms with E-state index in [2.05, 4.69) is 6.07 Å². The Morgan fingerprint density at radius 3 is 2.24 bits per heavy atom. The van der Waals surface area contributed by atoms with Gasteiger partial charge < -0.3 is 14.2 Å². The smallest absolute Gasteiger partial charge is 0.203 e. The second-order valence-electron chi connectivity index (χ2n) is 4.53. The summed E-state index contributed by atoms with van der Waals surface area (Å²) in [4.78, 5) is 0. The van der Waals surface area contributed by atoms with Crippen LogP contribution >= 0.6 is 0 Å². The molecule has 0 aromatic heterocycles. The minimum Gasteiger partial charge on any atom is -0.493 e. The molecule has 0 radical (unpaired) electrons. The molecule has 2 rings (SSSR count). The number of benzene rings is 2. The van der Waals surface area contributed by atoms with Gasteiger partial charge in [-0.2, -0.15) is 5.26 Å². The Kier molecular flexibility index (Phi) is 4.68. The molecule has 21 heavy (non-hydrogen) atoms. The van der Waals surface area contributed by atoms with Crippen molar-refractivity contribution >= 4 is 0 Å². The van der Waals surface area contributed by atoms with Gasteiger partial charge in [-0.1, -0.05) is 12.1 Å². The van der Waals surface area contributed by atoms with Crippen LogP contribution in [0.1, 0.15) is 16.7 Å². The van der Waals surface area contributed by atoms with Gasteiger partial charge in [0.15, 0.2) is 11.5 Å². The van der Waals surface area contributed by atoms with Crippen molar-refractivity contribution in [2.45, 2.75) is 13.5 Å². The van der Waals surface area contributed by atoms with Crippen LogP contribution in [0.15, 0.2) is 36.4 Å². The highest BCUT2D eigenvalue weighted by atomic mass is 16.5. The second kappa shape index (κ2) is 6.67. The summed E-state index contributed by atoms with van der Waals surface area (Å²) in [5.41, 5.74) is 2.68. The maximum atomic E-state index is 8.88. The van der Waals surface area contributed by atoms with Crippen LogP contribution in [0.25, 0.3) is 0 Å². The standard InChI is InChI=1S/C17H17NO3/c1-12-9-13(10-18)7-8-14(12)11-21-17-15(19-2)5-4-6-16(17)20-3/h4-9H,11H2,1-3H3. The highest BCUT2D eigenvalue weighted by Crippen LogP contribution is 2.37. The van der Waals surface area contributed by atoms with Gasteiger partial charge in [0.25, 0.3) is 0 Å². The molecule has 0 fully saturated rings. The average molecular weight is 283 g/mol. The maximum absolute atomic E-state index is 8.88. The summed E-state index contributed by atoms with van der Waals surface area (Å²) < 4.78 is 16.4. The molecule has 108 valence electrons. The molecule has 0 heterocycles. The van der Waals surface area contributed by atoms with Crippen LogP contribution in [0.2, 0.25) is 0 Å². The highest BCUT2D eigenvalue weighted by molar-refractivity contribution is 5.51. The third kappa shape index (κ3) is 3.26. The largest absolute Gasteiger partial charge is 0.493 e. The predicted molar refractivity (Wildman–Crippen MR) is 79.8 cm³/mol. The van der Waals surface area contributed by atoms with Gasteiger partial charge >= 0.3 is 0 Å². The second-order valence-corrected chi connectivity index (χ2v) is 4.53. The molecule has 0 N–H and O–H groups in total. The van der Waals surface area contributed by atoms with Crippen molar-refractivity contribution in [3.8, 4) is 23.3 Å². The average Bonchev–Trinajstić information content (AvgIpc) is 2.53. The third-order valence-electron chi connectivity index (χ3n) is 3.23. The maximum Gasteiger partial charge on any atom is 0.203 e. The lowest BCUT2D eigenvalue weighted by molar-refractivity contribution is 0.265. The zero-order valence-electron chi connectivity index (χ0n) is 12.3. The van der Waals surface area contributed by atoms with E-state index in [0.717, 1.165) is 11.1 Å². The van der Waals surface area contributed by atoms with Crippen LogP contribution < -0.4 is 14.2 Å². The molecule has 0 aliphatic rings. The van der Waals surface area contributed by atoms with Crippen molar-refractivity contribution in [2.75, 3.05) is 14.2 Å². The van der Waals surface area contributed by atoms with Crippen LogP contribution in [-0.4, -0.2) is 14.2 Å². The topological polar surface area (TPSA) is 51.5 Å². The van der Waals surface area contributed by atoms with E-state index in [1.165, 1.54) is 0 Å². The molecular formula is C17H17NO3. The van der Waals surface area contributed by atoms with Gasteiger partial charge in [-0.05, 0) is 42.3 Å². The Morgan fingerprint density at radius 1 is 1.05 bits per heavy atom. The van der Waals surface area contributed by atoms with Crippen LogP contribution in [-0.2, 0) is 6.61 Å². The molecule has 2 aromatic carbocycles. The van der Waals surface area contributed by atoms with E-state index in [9.17, 15) is 0 Å². The van der Waals surface area contributed by atoms with Gasteiger partial charge in [-0.15, -0.1) is 0 Å². The fraction of sp³-hybridized carbons (Fsp3) is 0.235. The third-order valence-corrected chi connectivity index (χ3v) is 3.23. The van der Waals surface area contributed by atoms with E-state index in [1.807, 2.05) is 37.3 Å². The van der Waals surface area contributed by atoms with Crippen LogP contribution in [0, 0.1) is 18.3 Å². The SMILES string of the molecule is COc1cccc(OC)c1OCc1ccc(C#N)cc1C. The lowest BCUT2D eigenvalue weighted by atomic mass is 10.1. The lowest BCUT2D eigenvalue weighted by Crippen LogP contribution is -2.01. The molecular weight excluding hydrogens is 266 g/mol. The quantitative estimate of drug-likeness (QED) is 0.843. The number of hydrogen-bond acceptors (Lipinski definition) is 4. The van der Waals surface area contributed by atoms with Gasteiger partial charge in [0.1, 0.15) is 6.61 Å². The summed E-state index contributed by atoms with van der Waals surface area (Å²) in [5.74, 6) is 1.83. The van der Waals surface area contributed by atoms with E-state index >= 15 is 0 Å². The first-order valence-electron chi connectivity index (χ1n) is 6.53. The fourth-order valence-electron chi connectivity index (χ4n) is 2.04. The molecule has 0 aliphatic heterocycles. The molecule has 0 aliphatic carbocycles. The summed E-state index contributed by atoms with van der Waals surface area (Å²) in [6.07, 6.45) is 0. The number of nitrogens with zero attached hydrogens (tertiary/aromatic N) is 1. The van der Waals surface area contributed by atoms with Gasteiger partial charge in [0.05, 0.1) is 25.9 Å². The van der Waals surface area contributed by atoms with E-state index in [-0.39, 0.29) is 0 Å². The normalized spacial score (nSPS) is 9.81. The molecule has 0 unspecified atom stereocenters. The minimum atomic E-state index is 0.383. The molecule has 0 saturated carbocycles. The number of rotatable bonds is 5. The van der Waals surface area contributed by atoms with Crippen molar-refractivity contribution in [1.82, 2.24) is 0 Å². The van der Waals surface area contributed by atoms with E-state index in [1.54, 1.807) is 20.3 Å². The highest BCUT2D eigenvalue weighted by Gasteiger charge is 2.12. The van der Waals surface area contributed by atoms with E-state index < -0.39 is 0 Å². The first-order chi connectivity index (χ1) is 10.2. The Labute approximate surface area is 124 Å². The number of nitriles is 1. The van der Waals surface area contributed by atoms with Crippen molar-refractivity contribution < 1.29 is 14.2 Å². The number of para-hydroxylation sites is 1. The molecule has 0 amide bonds. The van der Waals surface area contributed by atoms with E-state index in [0.29, 0.717) is 29.4 Å². The summed E-state index contributed by atoms with van der Waals surface area (Å²) >= 11 is 0. The van der Waals surface area contributed by atoms with Crippen molar-refractivity contribution in [1.29, 1.82) is 5.26 Å². The van der Waals surface area contributed by atoms with Gasteiger partial charge in [0, 0.05) is 0 Å². The lowest BCUT2D eigenvalue weighted by Gasteiger charge is -2.15. The van der Waals surface area contributed by atoms with Gasteiger partial charge in [0.2, 0.25) is 5.75 Å². The van der Waals surface area contributed by atoms with Gasteiger partial charge in [-0.25, -0.2) is 0 Å². The van der Waals surface area contributed by atoms with Crippen molar-refractivity contribution in [2.24, 2.45) is 0 Å². The molecule has 0 atom stereocenters. The van der Waals surface area contributed by atoms with Crippen molar-refractivity contribution in [3.05, 3.63) is 53.1 Å². The Morgan fingerprint density at radius 2 is 1.71 bits per heavy atom. The molecule has 0 bridgehead atoms. The Hall–Kier alpha value is -2.67. The molecule has 0 saturated heterocycles. The first-order valence-corrected chi connectivity index (χ1v) is 6.53.